The minimum absolute atomic E-state index is 0.0523. The number of carbonyl (C=O) groups excluding carboxylic acids is 3. The van der Waals surface area contributed by atoms with Gasteiger partial charge in [-0.3, -0.25) is 24.0 Å². The van der Waals surface area contributed by atoms with E-state index in [2.05, 4.69) is 25.9 Å². The Hall–Kier alpha value is -4.99. The average Bonchev–Trinajstić information content (AvgIpc) is 3.40. The van der Waals surface area contributed by atoms with Crippen LogP contribution in [0.3, 0.4) is 0 Å². The number of imidazole rings is 1. The average molecular weight is 563 g/mol. The van der Waals surface area contributed by atoms with E-state index in [1.54, 1.807) is 0 Å². The monoisotopic (exact) mass is 562 g/mol. The van der Waals surface area contributed by atoms with Gasteiger partial charge in [-0.25, -0.2) is 9.78 Å². The second-order valence-corrected chi connectivity index (χ2v) is 8.81. The van der Waals surface area contributed by atoms with Crippen LogP contribution in [0.5, 0.6) is 5.75 Å². The van der Waals surface area contributed by atoms with Crippen molar-refractivity contribution in [3.8, 4) is 5.75 Å². The van der Waals surface area contributed by atoms with Crippen molar-refractivity contribution in [2.75, 3.05) is 0 Å². The Kier molecular flexibility index (Phi) is 11.6. The van der Waals surface area contributed by atoms with Crippen molar-refractivity contribution in [1.29, 1.82) is 0 Å². The smallest absolute Gasteiger partial charge is 0.326 e. The number of H-pyrrole nitrogens is 1. The highest BCUT2D eigenvalue weighted by atomic mass is 16.4. The predicted octanol–water partition coefficient (Wildman–Crippen LogP) is -1.89. The van der Waals surface area contributed by atoms with Crippen molar-refractivity contribution in [3.05, 3.63) is 48.0 Å². The second-order valence-electron chi connectivity index (χ2n) is 8.81. The lowest BCUT2D eigenvalue weighted by Crippen LogP contribution is -2.58. The van der Waals surface area contributed by atoms with Crippen LogP contribution >= 0.6 is 0 Å². The van der Waals surface area contributed by atoms with Gasteiger partial charge in [0.1, 0.15) is 23.9 Å². The molecule has 0 bridgehead atoms. The minimum Gasteiger partial charge on any atom is -0.508 e. The van der Waals surface area contributed by atoms with Crippen LogP contribution in [0, 0.1) is 0 Å². The number of phenols is 1. The second kappa shape index (κ2) is 14.8. The van der Waals surface area contributed by atoms with Crippen LogP contribution in [0.4, 0.5) is 0 Å². The molecule has 2 aromatic rings. The quantitative estimate of drug-likeness (QED) is 0.109. The third kappa shape index (κ3) is 10.4. The van der Waals surface area contributed by atoms with E-state index in [0.717, 1.165) is 0 Å². The summed E-state index contributed by atoms with van der Waals surface area (Å²) in [7, 11) is 0. The van der Waals surface area contributed by atoms with Crippen LogP contribution < -0.4 is 21.7 Å². The number of nitrogens with two attached hydrogens (primary N) is 1. The number of rotatable bonds is 16. The molecule has 3 amide bonds. The number of aromatic amines is 1. The van der Waals surface area contributed by atoms with Crippen molar-refractivity contribution in [2.24, 2.45) is 5.73 Å². The van der Waals surface area contributed by atoms with Crippen LogP contribution in [0.15, 0.2) is 36.8 Å². The molecule has 4 unspecified atom stereocenters. The molecule has 0 aliphatic heterocycles. The molecule has 10 N–H and O–H groups in total. The fraction of sp³-hybridized carbons (Fsp3) is 0.375. The van der Waals surface area contributed by atoms with E-state index in [1.807, 2.05) is 0 Å². The molecule has 16 heteroatoms. The maximum absolute atomic E-state index is 13.1. The van der Waals surface area contributed by atoms with E-state index in [0.29, 0.717) is 11.3 Å². The summed E-state index contributed by atoms with van der Waals surface area (Å²) >= 11 is 0. The lowest BCUT2D eigenvalue weighted by atomic mass is 10.0. The van der Waals surface area contributed by atoms with E-state index in [9.17, 15) is 44.1 Å². The molecule has 4 atom stereocenters. The molecule has 1 heterocycles. The standard InChI is InChI=1S/C24H30N6O10/c25-15(5-6-19(32)33)21(36)28-16(8-13-10-26-11-27-13)22(37)29-17(9-20(34)35)23(38)30-18(24(39)40)7-12-1-3-14(31)4-2-12/h1-4,10-11,15-18,31H,5-9,25H2,(H,26,27)(H,28,36)(H,29,37)(H,30,38)(H,32,33)(H,34,35)(H,39,40). The summed E-state index contributed by atoms with van der Waals surface area (Å²) in [5.74, 6) is -7.09. The Balaban J connectivity index is 2.18. The molecule has 1 aromatic carbocycles. The zero-order chi connectivity index (χ0) is 29.8. The lowest BCUT2D eigenvalue weighted by molar-refractivity contribution is -0.143. The first-order chi connectivity index (χ1) is 18.8. The Morgan fingerprint density at radius 3 is 1.98 bits per heavy atom. The zero-order valence-electron chi connectivity index (χ0n) is 21.1. The van der Waals surface area contributed by atoms with Crippen LogP contribution in [0.2, 0.25) is 0 Å². The van der Waals surface area contributed by atoms with Crippen LogP contribution in [-0.2, 0) is 41.6 Å². The van der Waals surface area contributed by atoms with Gasteiger partial charge in [0, 0.05) is 31.2 Å². The maximum atomic E-state index is 13.1. The number of carbonyl (C=O) groups is 6. The van der Waals surface area contributed by atoms with Gasteiger partial charge in [0.05, 0.1) is 18.8 Å². The van der Waals surface area contributed by atoms with Crippen LogP contribution in [-0.4, -0.2) is 90.2 Å². The van der Waals surface area contributed by atoms with Crippen molar-refractivity contribution in [3.63, 3.8) is 0 Å². The number of carboxylic acid groups (broad SMARTS) is 3. The zero-order valence-corrected chi connectivity index (χ0v) is 21.1. The Bertz CT molecular complexity index is 1200. The first-order valence-corrected chi connectivity index (χ1v) is 11.9. The molecule has 216 valence electrons. The summed E-state index contributed by atoms with van der Waals surface area (Å²) in [5, 5.41) is 43.9. The first kappa shape index (κ1) is 31.2. The van der Waals surface area contributed by atoms with Gasteiger partial charge in [0.25, 0.3) is 0 Å². The highest BCUT2D eigenvalue weighted by Crippen LogP contribution is 2.12. The third-order valence-electron chi connectivity index (χ3n) is 5.62. The van der Waals surface area contributed by atoms with Gasteiger partial charge in [-0.15, -0.1) is 0 Å². The number of nitrogens with zero attached hydrogens (tertiary/aromatic N) is 1. The summed E-state index contributed by atoms with van der Waals surface area (Å²) < 4.78 is 0. The molecule has 40 heavy (non-hydrogen) atoms. The van der Waals surface area contributed by atoms with Gasteiger partial charge < -0.3 is 47.1 Å². The largest absolute Gasteiger partial charge is 0.508 e. The van der Waals surface area contributed by atoms with E-state index in [4.69, 9.17) is 10.8 Å². The molecular formula is C24H30N6O10. The van der Waals surface area contributed by atoms with Gasteiger partial charge >= 0.3 is 17.9 Å². The van der Waals surface area contributed by atoms with Crippen molar-refractivity contribution in [1.82, 2.24) is 25.9 Å². The first-order valence-electron chi connectivity index (χ1n) is 11.9. The van der Waals surface area contributed by atoms with Crippen molar-refractivity contribution in [2.45, 2.75) is 56.3 Å². The van der Waals surface area contributed by atoms with Gasteiger partial charge in [-0.05, 0) is 24.1 Å². The van der Waals surface area contributed by atoms with Crippen LogP contribution in [0.1, 0.15) is 30.5 Å². The van der Waals surface area contributed by atoms with E-state index >= 15 is 0 Å². The molecule has 0 saturated heterocycles. The Morgan fingerprint density at radius 2 is 1.43 bits per heavy atom. The molecule has 0 aliphatic carbocycles. The summed E-state index contributed by atoms with van der Waals surface area (Å²) in [6.07, 6.45) is 0.755. The SMILES string of the molecule is NC(CCC(=O)O)C(=O)NC(Cc1cnc[nH]1)C(=O)NC(CC(=O)O)C(=O)NC(Cc1ccc(O)cc1)C(=O)O. The predicted molar refractivity (Wildman–Crippen MR) is 135 cm³/mol. The molecule has 1 aromatic heterocycles. The number of aromatic nitrogens is 2. The third-order valence-corrected chi connectivity index (χ3v) is 5.62. The summed E-state index contributed by atoms with van der Waals surface area (Å²) in [6, 6.07) is -0.360. The fourth-order valence-electron chi connectivity index (χ4n) is 3.51. The number of aromatic hydroxyl groups is 1. The molecule has 0 fully saturated rings. The number of hydrogen-bond acceptors (Lipinski definition) is 9. The number of aliphatic carboxylic acids is 3. The van der Waals surface area contributed by atoms with E-state index in [-0.39, 0.29) is 25.0 Å². The molecule has 0 spiro atoms. The van der Waals surface area contributed by atoms with Crippen molar-refractivity contribution >= 4 is 35.6 Å². The fourth-order valence-corrected chi connectivity index (χ4v) is 3.51. The van der Waals surface area contributed by atoms with Crippen LogP contribution in [0.25, 0.3) is 0 Å². The molecule has 0 saturated carbocycles. The van der Waals surface area contributed by atoms with Gasteiger partial charge in [-0.1, -0.05) is 12.1 Å². The Labute approximate surface area is 227 Å². The summed E-state index contributed by atoms with van der Waals surface area (Å²) in [4.78, 5) is 79.1. The maximum Gasteiger partial charge on any atom is 0.326 e. The molecular weight excluding hydrogens is 532 g/mol. The summed E-state index contributed by atoms with van der Waals surface area (Å²) in [5.41, 5.74) is 6.56. The highest BCUT2D eigenvalue weighted by molar-refractivity contribution is 5.95. The topological polar surface area (TPSA) is 274 Å². The number of phenolic OH excluding ortho intramolecular Hbond substituents is 1. The van der Waals surface area contributed by atoms with Gasteiger partial charge in [0.15, 0.2) is 0 Å². The van der Waals surface area contributed by atoms with Gasteiger partial charge in [0.2, 0.25) is 17.7 Å². The number of benzene rings is 1. The minimum atomic E-state index is -1.73. The molecule has 2 rings (SSSR count). The number of hydrogen-bond donors (Lipinski definition) is 9. The normalized spacial score (nSPS) is 13.7. The summed E-state index contributed by atoms with van der Waals surface area (Å²) in [6.45, 7) is 0. The molecule has 16 nitrogen and oxygen atoms in total. The number of carboxylic acids is 3. The molecule has 0 aliphatic rings. The van der Waals surface area contributed by atoms with Gasteiger partial charge in [-0.2, -0.15) is 0 Å². The van der Waals surface area contributed by atoms with E-state index in [1.165, 1.54) is 36.8 Å². The van der Waals surface area contributed by atoms with E-state index < -0.39 is 72.6 Å². The Morgan fingerprint density at radius 1 is 0.825 bits per heavy atom. The van der Waals surface area contributed by atoms with Crippen molar-refractivity contribution < 1.29 is 49.2 Å². The molecule has 0 radical (unpaired) electrons. The highest BCUT2D eigenvalue weighted by Gasteiger charge is 2.32. The number of amides is 3. The number of nitrogens with one attached hydrogen (secondary N) is 4. The lowest BCUT2D eigenvalue weighted by Gasteiger charge is -2.24.